The summed E-state index contributed by atoms with van der Waals surface area (Å²) in [6.45, 7) is 18.2. The number of hydrogen-bond donors (Lipinski definition) is 0. The zero-order valence-corrected chi connectivity index (χ0v) is 19.5. The number of amides is 2. The van der Waals surface area contributed by atoms with Crippen molar-refractivity contribution >= 4 is 20.3 Å². The molecular weight excluding hydrogens is 376 g/mol. The highest BCUT2D eigenvalue weighted by Crippen LogP contribution is 2.48. The van der Waals surface area contributed by atoms with Gasteiger partial charge in [-0.15, -0.1) is 0 Å². The number of rotatable bonds is 6. The van der Waals surface area contributed by atoms with Gasteiger partial charge in [0.25, 0.3) is 5.91 Å². The molecule has 1 aromatic heterocycles. The normalized spacial score (nSPS) is 20.9. The Morgan fingerprint density at radius 3 is 2.07 bits per heavy atom. The average molecular weight is 411 g/mol. The van der Waals surface area contributed by atoms with E-state index in [2.05, 4.69) is 46.5 Å². The number of carbonyl (C=O) groups excluding carboxylic acids is 2. The standard InChI is InChI=1S/C20H34N2O5Si/c1-12(2)28(13(3)4,14(5)6)27-17-16(15-10-21-11-25-15)22(18(17)23)19(24)26-20(7,8)9/h10-14,16-17H,1-9H3. The third-order valence-corrected chi connectivity index (χ3v) is 11.5. The number of oxazole rings is 1. The molecule has 0 spiro atoms. The Balaban J connectivity index is 2.38. The van der Waals surface area contributed by atoms with E-state index in [-0.39, 0.29) is 5.91 Å². The molecule has 0 aliphatic carbocycles. The van der Waals surface area contributed by atoms with E-state index in [1.807, 2.05) is 0 Å². The van der Waals surface area contributed by atoms with Gasteiger partial charge in [0.15, 0.2) is 18.3 Å². The molecule has 1 aliphatic heterocycles. The quantitative estimate of drug-likeness (QED) is 0.482. The van der Waals surface area contributed by atoms with Gasteiger partial charge in [-0.3, -0.25) is 4.79 Å². The molecule has 1 aliphatic rings. The summed E-state index contributed by atoms with van der Waals surface area (Å²) < 4.78 is 17.5. The lowest BCUT2D eigenvalue weighted by atomic mass is 9.97. The zero-order chi connectivity index (χ0) is 21.4. The summed E-state index contributed by atoms with van der Waals surface area (Å²) in [6.07, 6.45) is 1.36. The molecule has 1 fully saturated rings. The second-order valence-electron chi connectivity index (χ2n) is 9.39. The minimum absolute atomic E-state index is 0.311. The lowest BCUT2D eigenvalue weighted by Crippen LogP contribution is -2.66. The number of aromatic nitrogens is 1. The van der Waals surface area contributed by atoms with Crippen LogP contribution in [0.25, 0.3) is 0 Å². The van der Waals surface area contributed by atoms with Crippen molar-refractivity contribution in [3.8, 4) is 0 Å². The number of ether oxygens (including phenoxy) is 1. The molecule has 8 heteroatoms. The molecule has 7 nitrogen and oxygen atoms in total. The molecule has 0 radical (unpaired) electrons. The Labute approximate surface area is 168 Å². The third-order valence-electron chi connectivity index (χ3n) is 5.42. The fraction of sp³-hybridized carbons (Fsp3) is 0.750. The first-order valence-electron chi connectivity index (χ1n) is 9.95. The van der Waals surface area contributed by atoms with Crippen LogP contribution in [0.5, 0.6) is 0 Å². The highest BCUT2D eigenvalue weighted by Gasteiger charge is 2.59. The van der Waals surface area contributed by atoms with Crippen molar-refractivity contribution < 1.29 is 23.2 Å². The van der Waals surface area contributed by atoms with Gasteiger partial charge in [-0.05, 0) is 37.4 Å². The minimum atomic E-state index is -2.33. The van der Waals surface area contributed by atoms with Gasteiger partial charge in [0, 0.05) is 0 Å². The first-order chi connectivity index (χ1) is 12.8. The van der Waals surface area contributed by atoms with Crippen LogP contribution < -0.4 is 0 Å². The number of hydrogen-bond acceptors (Lipinski definition) is 6. The van der Waals surface area contributed by atoms with Gasteiger partial charge in [0.2, 0.25) is 8.32 Å². The van der Waals surface area contributed by atoms with Crippen LogP contribution in [0.15, 0.2) is 17.0 Å². The largest absolute Gasteiger partial charge is 0.446 e. The van der Waals surface area contributed by atoms with Crippen molar-refractivity contribution in [1.82, 2.24) is 9.88 Å². The zero-order valence-electron chi connectivity index (χ0n) is 18.5. The van der Waals surface area contributed by atoms with E-state index in [1.54, 1.807) is 20.8 Å². The van der Waals surface area contributed by atoms with Gasteiger partial charge >= 0.3 is 6.09 Å². The Hall–Kier alpha value is -1.67. The Morgan fingerprint density at radius 2 is 1.68 bits per heavy atom. The second-order valence-corrected chi connectivity index (χ2v) is 14.8. The highest BCUT2D eigenvalue weighted by molar-refractivity contribution is 6.77. The van der Waals surface area contributed by atoms with Crippen LogP contribution in [0, 0.1) is 0 Å². The van der Waals surface area contributed by atoms with Crippen LogP contribution in [0.4, 0.5) is 4.79 Å². The maximum absolute atomic E-state index is 13.0. The summed E-state index contributed by atoms with van der Waals surface area (Å²) in [5, 5.41) is 0. The van der Waals surface area contributed by atoms with Crippen LogP contribution in [0.2, 0.25) is 16.6 Å². The first kappa shape index (κ1) is 22.6. The van der Waals surface area contributed by atoms with E-state index in [0.29, 0.717) is 22.4 Å². The van der Waals surface area contributed by atoms with Crippen molar-refractivity contribution in [2.75, 3.05) is 0 Å². The molecule has 2 atom stereocenters. The van der Waals surface area contributed by atoms with Crippen molar-refractivity contribution in [3.05, 3.63) is 18.4 Å². The molecule has 2 rings (SSSR count). The number of likely N-dealkylation sites (tertiary alicyclic amines) is 1. The smallest absolute Gasteiger partial charge is 0.417 e. The van der Waals surface area contributed by atoms with Crippen molar-refractivity contribution in [2.24, 2.45) is 0 Å². The summed E-state index contributed by atoms with van der Waals surface area (Å²) >= 11 is 0. The molecule has 158 valence electrons. The summed E-state index contributed by atoms with van der Waals surface area (Å²) in [6, 6.07) is -0.659. The summed E-state index contributed by atoms with van der Waals surface area (Å²) in [4.78, 5) is 30.7. The topological polar surface area (TPSA) is 81.9 Å². The maximum atomic E-state index is 13.0. The van der Waals surface area contributed by atoms with Crippen molar-refractivity contribution in [1.29, 1.82) is 0 Å². The van der Waals surface area contributed by atoms with E-state index in [0.717, 1.165) is 4.90 Å². The fourth-order valence-electron chi connectivity index (χ4n) is 4.37. The van der Waals surface area contributed by atoms with Gasteiger partial charge in [0.1, 0.15) is 11.6 Å². The Morgan fingerprint density at radius 1 is 1.14 bits per heavy atom. The van der Waals surface area contributed by atoms with E-state index >= 15 is 0 Å². The number of β-lactam (4-membered cyclic amide) rings is 1. The highest BCUT2D eigenvalue weighted by atomic mass is 28.4. The third kappa shape index (κ3) is 4.03. The van der Waals surface area contributed by atoms with Gasteiger partial charge in [-0.1, -0.05) is 41.5 Å². The van der Waals surface area contributed by atoms with Crippen molar-refractivity contribution in [3.63, 3.8) is 0 Å². The summed E-state index contributed by atoms with van der Waals surface area (Å²) in [7, 11) is -2.33. The maximum Gasteiger partial charge on any atom is 0.417 e. The number of imide groups is 1. The van der Waals surface area contributed by atoms with E-state index in [9.17, 15) is 9.59 Å². The van der Waals surface area contributed by atoms with Crippen LogP contribution >= 0.6 is 0 Å². The second kappa shape index (κ2) is 7.98. The monoisotopic (exact) mass is 410 g/mol. The van der Waals surface area contributed by atoms with E-state index < -0.39 is 32.2 Å². The molecule has 0 saturated carbocycles. The summed E-state index contributed by atoms with van der Waals surface area (Å²) in [5.41, 5.74) is 0.227. The van der Waals surface area contributed by atoms with Crippen LogP contribution in [0.3, 0.4) is 0 Å². The van der Waals surface area contributed by atoms with Gasteiger partial charge in [-0.25, -0.2) is 14.7 Å². The first-order valence-corrected chi connectivity index (χ1v) is 12.1. The van der Waals surface area contributed by atoms with Gasteiger partial charge in [-0.2, -0.15) is 0 Å². The molecule has 0 N–H and O–H groups in total. The molecular formula is C20H34N2O5Si. The summed E-state index contributed by atoms with van der Waals surface area (Å²) in [5.74, 6) is 0.0455. The number of carbonyl (C=O) groups is 2. The molecule has 1 saturated heterocycles. The molecule has 1 aromatic rings. The van der Waals surface area contributed by atoms with Gasteiger partial charge in [0.05, 0.1) is 6.20 Å². The molecule has 0 aromatic carbocycles. The minimum Gasteiger partial charge on any atom is -0.446 e. The lowest BCUT2D eigenvalue weighted by molar-refractivity contribution is -0.164. The van der Waals surface area contributed by atoms with Crippen molar-refractivity contribution in [2.45, 2.75) is 96.7 Å². The molecule has 2 heterocycles. The van der Waals surface area contributed by atoms with Crippen LogP contribution in [-0.4, -0.2) is 41.9 Å². The molecule has 2 unspecified atom stereocenters. The molecule has 0 bridgehead atoms. The van der Waals surface area contributed by atoms with E-state index in [4.69, 9.17) is 13.6 Å². The average Bonchev–Trinajstić information content (AvgIpc) is 3.03. The Kier molecular flexibility index (Phi) is 6.45. The van der Waals surface area contributed by atoms with Gasteiger partial charge < -0.3 is 13.6 Å². The van der Waals surface area contributed by atoms with Crippen LogP contribution in [-0.2, 0) is 14.0 Å². The fourth-order valence-corrected chi connectivity index (χ4v) is 9.85. The lowest BCUT2D eigenvalue weighted by Gasteiger charge is -2.51. The molecule has 2 amide bonds. The van der Waals surface area contributed by atoms with Crippen LogP contribution in [0.1, 0.15) is 74.1 Å². The van der Waals surface area contributed by atoms with E-state index in [1.165, 1.54) is 12.6 Å². The predicted octanol–water partition coefficient (Wildman–Crippen LogP) is 5.05. The SMILES string of the molecule is CC(C)[Si](OC1C(=O)N(C(=O)OC(C)(C)C)C1c1cnco1)(C(C)C)C(C)C. The predicted molar refractivity (Wildman–Crippen MR) is 108 cm³/mol. The molecule has 28 heavy (non-hydrogen) atoms. The number of nitrogens with zero attached hydrogens (tertiary/aromatic N) is 2. The Bertz CT molecular complexity index is 672.